The number of hydrogen-bond acceptors (Lipinski definition) is 4. The fourth-order valence-corrected chi connectivity index (χ4v) is 2.12. The average Bonchev–Trinajstić information content (AvgIpc) is 3.00. The fraction of sp³-hybridized carbons (Fsp3) is 0.0588. The smallest absolute Gasteiger partial charge is 0.354 e. The molecule has 0 spiro atoms. The fourth-order valence-electron chi connectivity index (χ4n) is 2.12. The summed E-state index contributed by atoms with van der Waals surface area (Å²) in [5.74, 6) is -1.07. The Kier molecular flexibility index (Phi) is 3.97. The summed E-state index contributed by atoms with van der Waals surface area (Å²) >= 11 is 0. The molecule has 0 radical (unpaired) electrons. The largest absolute Gasteiger partial charge is 0.477 e. The highest BCUT2D eigenvalue weighted by molar-refractivity contribution is 5.86. The normalized spacial score (nSPS) is 11.0. The number of benzene rings is 1. The SMILES string of the molecule is Cn1cc(-c2ccc(/C=C/c3cc(C(=O)O)ncn3)cc2)cn1. The summed E-state index contributed by atoms with van der Waals surface area (Å²) in [5, 5.41) is 13.1. The lowest BCUT2D eigenvalue weighted by atomic mass is 10.1. The standard InChI is InChI=1S/C17H14N4O2/c1-21-10-14(9-20-21)13-5-2-12(3-6-13)4-7-15-8-16(17(22)23)19-11-18-15/h2-11H,1H3,(H,22,23)/b7-4+. The molecule has 0 saturated heterocycles. The molecule has 6 nitrogen and oxygen atoms in total. The molecule has 6 heteroatoms. The van der Waals surface area contributed by atoms with Crippen LogP contribution >= 0.6 is 0 Å². The van der Waals surface area contributed by atoms with Crippen molar-refractivity contribution in [3.05, 3.63) is 66.0 Å². The molecule has 0 aliphatic heterocycles. The van der Waals surface area contributed by atoms with Crippen molar-refractivity contribution in [2.24, 2.45) is 7.05 Å². The molecule has 2 aromatic heterocycles. The third kappa shape index (κ3) is 3.49. The van der Waals surface area contributed by atoms with Crippen molar-refractivity contribution in [3.8, 4) is 11.1 Å². The number of aromatic nitrogens is 4. The van der Waals surface area contributed by atoms with Crippen LogP contribution in [0.1, 0.15) is 21.7 Å². The lowest BCUT2D eigenvalue weighted by molar-refractivity contribution is 0.0690. The van der Waals surface area contributed by atoms with Crippen LogP contribution in [0.15, 0.2) is 49.1 Å². The lowest BCUT2D eigenvalue weighted by Crippen LogP contribution is -2.00. The van der Waals surface area contributed by atoms with E-state index < -0.39 is 5.97 Å². The minimum absolute atomic E-state index is 0.0217. The van der Waals surface area contributed by atoms with E-state index in [2.05, 4.69) is 15.1 Å². The Morgan fingerprint density at radius 3 is 2.57 bits per heavy atom. The van der Waals surface area contributed by atoms with Gasteiger partial charge in [0.25, 0.3) is 0 Å². The van der Waals surface area contributed by atoms with Crippen molar-refractivity contribution in [2.75, 3.05) is 0 Å². The summed E-state index contributed by atoms with van der Waals surface area (Å²) in [6.07, 6.45) is 8.65. The average molecular weight is 306 g/mol. The molecule has 0 aliphatic rings. The van der Waals surface area contributed by atoms with E-state index in [1.807, 2.05) is 49.8 Å². The molecule has 114 valence electrons. The second kappa shape index (κ2) is 6.23. The van der Waals surface area contributed by atoms with Crippen LogP contribution in [0.2, 0.25) is 0 Å². The minimum Gasteiger partial charge on any atom is -0.477 e. The van der Waals surface area contributed by atoms with Crippen molar-refractivity contribution in [1.82, 2.24) is 19.7 Å². The Bertz CT molecular complexity index is 866. The molecule has 2 heterocycles. The Morgan fingerprint density at radius 2 is 1.91 bits per heavy atom. The summed E-state index contributed by atoms with van der Waals surface area (Å²) in [4.78, 5) is 18.6. The summed E-state index contributed by atoms with van der Waals surface area (Å²) in [7, 11) is 1.88. The van der Waals surface area contributed by atoms with Crippen molar-refractivity contribution < 1.29 is 9.90 Å². The molecule has 1 aromatic carbocycles. The molecule has 23 heavy (non-hydrogen) atoms. The van der Waals surface area contributed by atoms with Gasteiger partial charge in [0.1, 0.15) is 6.33 Å². The van der Waals surface area contributed by atoms with Crippen molar-refractivity contribution in [1.29, 1.82) is 0 Å². The second-order valence-electron chi connectivity index (χ2n) is 4.99. The molecule has 0 unspecified atom stereocenters. The van der Waals surface area contributed by atoms with E-state index in [1.165, 1.54) is 12.4 Å². The van der Waals surface area contributed by atoms with Gasteiger partial charge in [-0.15, -0.1) is 0 Å². The van der Waals surface area contributed by atoms with Gasteiger partial charge in [0, 0.05) is 18.8 Å². The molecule has 3 aromatic rings. The molecule has 0 bridgehead atoms. The zero-order valence-electron chi connectivity index (χ0n) is 12.4. The van der Waals surface area contributed by atoms with Gasteiger partial charge in [-0.2, -0.15) is 5.10 Å². The molecule has 0 fully saturated rings. The third-order valence-electron chi connectivity index (χ3n) is 3.30. The molecule has 0 amide bonds. The first kappa shape index (κ1) is 14.6. The highest BCUT2D eigenvalue weighted by Crippen LogP contribution is 2.19. The topological polar surface area (TPSA) is 80.9 Å². The van der Waals surface area contributed by atoms with Gasteiger partial charge >= 0.3 is 5.97 Å². The Labute approximate surface area is 132 Å². The quantitative estimate of drug-likeness (QED) is 0.801. The number of carbonyl (C=O) groups is 1. The van der Waals surface area contributed by atoms with E-state index >= 15 is 0 Å². The van der Waals surface area contributed by atoms with Gasteiger partial charge in [-0.3, -0.25) is 4.68 Å². The van der Waals surface area contributed by atoms with Gasteiger partial charge in [0.15, 0.2) is 5.69 Å². The first-order valence-electron chi connectivity index (χ1n) is 6.94. The molecule has 1 N–H and O–H groups in total. The zero-order valence-corrected chi connectivity index (χ0v) is 12.4. The monoisotopic (exact) mass is 306 g/mol. The van der Waals surface area contributed by atoms with Gasteiger partial charge in [0.05, 0.1) is 11.9 Å². The van der Waals surface area contributed by atoms with E-state index in [0.717, 1.165) is 16.7 Å². The first-order chi connectivity index (χ1) is 11.1. The summed E-state index contributed by atoms with van der Waals surface area (Å²) in [5.41, 5.74) is 3.67. The van der Waals surface area contributed by atoms with Crippen LogP contribution in [-0.2, 0) is 7.05 Å². The van der Waals surface area contributed by atoms with Crippen LogP contribution in [-0.4, -0.2) is 30.8 Å². The third-order valence-corrected chi connectivity index (χ3v) is 3.30. The number of hydrogen-bond donors (Lipinski definition) is 1. The lowest BCUT2D eigenvalue weighted by Gasteiger charge is -1.99. The Balaban J connectivity index is 1.78. The predicted octanol–water partition coefficient (Wildman–Crippen LogP) is 2.75. The first-order valence-corrected chi connectivity index (χ1v) is 6.94. The molecule has 0 saturated carbocycles. The van der Waals surface area contributed by atoms with Crippen LogP contribution < -0.4 is 0 Å². The van der Waals surface area contributed by atoms with E-state index in [-0.39, 0.29) is 5.69 Å². The van der Waals surface area contributed by atoms with E-state index in [9.17, 15) is 4.79 Å². The summed E-state index contributed by atoms with van der Waals surface area (Å²) < 4.78 is 1.76. The minimum atomic E-state index is -1.07. The maximum atomic E-state index is 10.9. The highest BCUT2D eigenvalue weighted by atomic mass is 16.4. The van der Waals surface area contributed by atoms with Gasteiger partial charge in [0.2, 0.25) is 0 Å². The van der Waals surface area contributed by atoms with Crippen molar-refractivity contribution in [3.63, 3.8) is 0 Å². The van der Waals surface area contributed by atoms with E-state index in [0.29, 0.717) is 5.69 Å². The zero-order chi connectivity index (χ0) is 16.2. The molecule has 0 aliphatic carbocycles. The molecule has 0 atom stereocenters. The van der Waals surface area contributed by atoms with Gasteiger partial charge < -0.3 is 5.11 Å². The van der Waals surface area contributed by atoms with Crippen LogP contribution in [0.4, 0.5) is 0 Å². The predicted molar refractivity (Wildman–Crippen MR) is 86.6 cm³/mol. The summed E-state index contributed by atoms with van der Waals surface area (Å²) in [6.45, 7) is 0. The van der Waals surface area contributed by atoms with E-state index in [1.54, 1.807) is 10.8 Å². The maximum absolute atomic E-state index is 10.9. The van der Waals surface area contributed by atoms with Crippen molar-refractivity contribution in [2.45, 2.75) is 0 Å². The number of aromatic carboxylic acids is 1. The number of carboxylic acids is 1. The summed E-state index contributed by atoms with van der Waals surface area (Å²) in [6, 6.07) is 9.43. The Hall–Kier alpha value is -3.28. The Morgan fingerprint density at radius 1 is 1.13 bits per heavy atom. The molecular formula is C17H14N4O2. The van der Waals surface area contributed by atoms with Crippen LogP contribution in [0.3, 0.4) is 0 Å². The van der Waals surface area contributed by atoms with Gasteiger partial charge in [-0.25, -0.2) is 14.8 Å². The maximum Gasteiger partial charge on any atom is 0.354 e. The molecular weight excluding hydrogens is 292 g/mol. The number of nitrogens with zero attached hydrogens (tertiary/aromatic N) is 4. The highest BCUT2D eigenvalue weighted by Gasteiger charge is 2.04. The van der Waals surface area contributed by atoms with E-state index in [4.69, 9.17) is 5.11 Å². The number of aryl methyl sites for hydroxylation is 1. The number of rotatable bonds is 4. The van der Waals surface area contributed by atoms with Crippen molar-refractivity contribution >= 4 is 18.1 Å². The van der Waals surface area contributed by atoms with Crippen LogP contribution in [0.5, 0.6) is 0 Å². The second-order valence-corrected chi connectivity index (χ2v) is 4.99. The molecule has 3 rings (SSSR count). The number of carboxylic acid groups (broad SMARTS) is 1. The van der Waals surface area contributed by atoms with Gasteiger partial charge in [-0.1, -0.05) is 30.3 Å². The van der Waals surface area contributed by atoms with Crippen LogP contribution in [0.25, 0.3) is 23.3 Å². The van der Waals surface area contributed by atoms with Crippen LogP contribution in [0, 0.1) is 0 Å². The van der Waals surface area contributed by atoms with Gasteiger partial charge in [-0.05, 0) is 23.3 Å².